The van der Waals surface area contributed by atoms with E-state index in [2.05, 4.69) is 0 Å². The summed E-state index contributed by atoms with van der Waals surface area (Å²) < 4.78 is 60.2. The van der Waals surface area contributed by atoms with Gasteiger partial charge >= 0.3 is 5.51 Å². The lowest BCUT2D eigenvalue weighted by Gasteiger charge is -2.18. The predicted octanol–water partition coefficient (Wildman–Crippen LogP) is 3.07. The topological polar surface area (TPSA) is 34.1 Å². The normalized spacial score (nSPS) is 16.3. The SMILES string of the molecule is O=S(=O)(C1=CCSc2ccccc21)C(F)(F)F. The van der Waals surface area contributed by atoms with Crippen LogP contribution in [0, 0.1) is 0 Å². The summed E-state index contributed by atoms with van der Waals surface area (Å²) in [6.45, 7) is 0. The van der Waals surface area contributed by atoms with Crippen molar-refractivity contribution in [2.75, 3.05) is 5.75 Å². The Bertz CT molecular complexity index is 573. The van der Waals surface area contributed by atoms with Gasteiger partial charge in [-0.15, -0.1) is 11.8 Å². The number of fused-ring (bicyclic) bond motifs is 1. The first-order chi connectivity index (χ1) is 7.84. The maximum Gasteiger partial charge on any atom is 0.501 e. The van der Waals surface area contributed by atoms with Crippen molar-refractivity contribution < 1.29 is 21.6 Å². The van der Waals surface area contributed by atoms with Crippen LogP contribution < -0.4 is 0 Å². The van der Waals surface area contributed by atoms with Crippen LogP contribution in [-0.2, 0) is 9.84 Å². The van der Waals surface area contributed by atoms with Crippen molar-refractivity contribution in [2.45, 2.75) is 10.4 Å². The predicted molar refractivity (Wildman–Crippen MR) is 60.1 cm³/mol. The van der Waals surface area contributed by atoms with Gasteiger partial charge in [-0.25, -0.2) is 8.42 Å². The van der Waals surface area contributed by atoms with Gasteiger partial charge in [-0.2, -0.15) is 13.2 Å². The number of thioether (sulfide) groups is 1. The number of alkyl halides is 3. The molecule has 0 bridgehead atoms. The van der Waals surface area contributed by atoms with Gasteiger partial charge in [0.25, 0.3) is 9.84 Å². The minimum absolute atomic E-state index is 0.126. The van der Waals surface area contributed by atoms with Crippen LogP contribution in [0.2, 0.25) is 0 Å². The van der Waals surface area contributed by atoms with Crippen molar-refractivity contribution in [1.29, 1.82) is 0 Å². The highest BCUT2D eigenvalue weighted by molar-refractivity contribution is 8.02. The molecular formula is C10H7F3O2S2. The molecule has 2 nitrogen and oxygen atoms in total. The average molecular weight is 280 g/mol. The number of sulfone groups is 1. The zero-order valence-corrected chi connectivity index (χ0v) is 9.99. The highest BCUT2D eigenvalue weighted by Crippen LogP contribution is 2.41. The fourth-order valence-electron chi connectivity index (χ4n) is 1.49. The lowest BCUT2D eigenvalue weighted by atomic mass is 10.2. The first-order valence-electron chi connectivity index (χ1n) is 4.58. The van der Waals surface area contributed by atoms with Crippen molar-refractivity contribution in [3.63, 3.8) is 0 Å². The molecule has 0 saturated heterocycles. The van der Waals surface area contributed by atoms with E-state index in [0.29, 0.717) is 4.90 Å². The Morgan fingerprint density at radius 2 is 1.82 bits per heavy atom. The molecule has 0 saturated carbocycles. The van der Waals surface area contributed by atoms with Crippen LogP contribution in [-0.4, -0.2) is 19.7 Å². The molecule has 0 unspecified atom stereocenters. The number of benzene rings is 1. The van der Waals surface area contributed by atoms with Crippen molar-refractivity contribution in [3.8, 4) is 0 Å². The van der Waals surface area contributed by atoms with Gasteiger partial charge < -0.3 is 0 Å². The Balaban J connectivity index is 2.60. The van der Waals surface area contributed by atoms with Crippen molar-refractivity contribution >= 4 is 26.5 Å². The van der Waals surface area contributed by atoms with Gasteiger partial charge in [0.1, 0.15) is 0 Å². The van der Waals surface area contributed by atoms with E-state index in [-0.39, 0.29) is 11.3 Å². The molecule has 1 aromatic carbocycles. The smallest absolute Gasteiger partial charge is 0.214 e. The lowest BCUT2D eigenvalue weighted by molar-refractivity contribution is -0.0420. The van der Waals surface area contributed by atoms with Crippen molar-refractivity contribution in [1.82, 2.24) is 0 Å². The van der Waals surface area contributed by atoms with Crippen molar-refractivity contribution in [3.05, 3.63) is 35.9 Å². The Kier molecular flexibility index (Phi) is 2.99. The number of hydrogen-bond donors (Lipinski definition) is 0. The van der Waals surface area contributed by atoms with Crippen molar-refractivity contribution in [2.24, 2.45) is 0 Å². The monoisotopic (exact) mass is 280 g/mol. The summed E-state index contributed by atoms with van der Waals surface area (Å²) in [4.78, 5) is -0.0859. The highest BCUT2D eigenvalue weighted by atomic mass is 32.2. The molecule has 0 amide bonds. The summed E-state index contributed by atoms with van der Waals surface area (Å²) in [6, 6.07) is 6.18. The zero-order valence-electron chi connectivity index (χ0n) is 8.36. The molecule has 1 heterocycles. The largest absolute Gasteiger partial charge is 0.501 e. The number of halogens is 3. The Morgan fingerprint density at radius 1 is 1.18 bits per heavy atom. The fraction of sp³-hybridized carbons (Fsp3) is 0.200. The van der Waals surface area contributed by atoms with E-state index < -0.39 is 20.3 Å². The summed E-state index contributed by atoms with van der Waals surface area (Å²) in [5.41, 5.74) is -5.13. The quantitative estimate of drug-likeness (QED) is 0.793. The van der Waals surface area contributed by atoms with E-state index in [1.54, 1.807) is 12.1 Å². The maximum absolute atomic E-state index is 12.5. The lowest BCUT2D eigenvalue weighted by Crippen LogP contribution is -2.25. The molecule has 2 rings (SSSR count). The van der Waals surface area contributed by atoms with Crippen LogP contribution in [0.4, 0.5) is 13.2 Å². The molecule has 0 N–H and O–H groups in total. The van der Waals surface area contributed by atoms with E-state index in [4.69, 9.17) is 0 Å². The average Bonchev–Trinajstić information content (AvgIpc) is 2.26. The van der Waals surface area contributed by atoms with E-state index in [1.807, 2.05) is 0 Å². The minimum Gasteiger partial charge on any atom is -0.214 e. The second-order valence-corrected chi connectivity index (χ2v) is 6.30. The second-order valence-electron chi connectivity index (χ2n) is 3.32. The second kappa shape index (κ2) is 4.06. The van der Waals surface area contributed by atoms with Gasteiger partial charge in [-0.05, 0) is 6.07 Å². The third-order valence-electron chi connectivity index (χ3n) is 2.25. The number of rotatable bonds is 1. The van der Waals surface area contributed by atoms with E-state index in [0.717, 1.165) is 6.08 Å². The van der Waals surface area contributed by atoms with Gasteiger partial charge in [-0.3, -0.25) is 0 Å². The zero-order chi connectivity index (χ0) is 12.7. The maximum atomic E-state index is 12.5. The molecule has 92 valence electrons. The molecule has 0 spiro atoms. The van der Waals surface area contributed by atoms with Gasteiger partial charge in [0.05, 0.1) is 4.91 Å². The minimum atomic E-state index is -5.27. The summed E-state index contributed by atoms with van der Waals surface area (Å²) in [7, 11) is -5.27. The van der Waals surface area contributed by atoms with Crippen LogP contribution in [0.3, 0.4) is 0 Å². The standard InChI is InChI=1S/C10H7F3O2S2/c11-10(12,13)17(14,15)9-5-6-16-8-4-2-1-3-7(8)9/h1-5H,6H2. The molecule has 1 aliphatic rings. The van der Waals surface area contributed by atoms with Gasteiger partial charge in [0.2, 0.25) is 0 Å². The van der Waals surface area contributed by atoms with Crippen LogP contribution in [0.15, 0.2) is 35.2 Å². The summed E-state index contributed by atoms with van der Waals surface area (Å²) >= 11 is 1.31. The van der Waals surface area contributed by atoms with Gasteiger partial charge in [-0.1, -0.05) is 24.3 Å². The van der Waals surface area contributed by atoms with Crippen LogP contribution in [0.1, 0.15) is 5.56 Å². The molecule has 7 heteroatoms. The summed E-state index contributed by atoms with van der Waals surface area (Å²) in [5, 5.41) is 0. The Labute approximate surface area is 100 Å². The number of hydrogen-bond acceptors (Lipinski definition) is 3. The van der Waals surface area contributed by atoms with Crippen LogP contribution in [0.25, 0.3) is 4.91 Å². The van der Waals surface area contributed by atoms with Gasteiger partial charge in [0.15, 0.2) is 0 Å². The third-order valence-corrected chi connectivity index (χ3v) is 4.83. The van der Waals surface area contributed by atoms with Gasteiger partial charge in [0, 0.05) is 16.2 Å². The van der Waals surface area contributed by atoms with E-state index >= 15 is 0 Å². The molecule has 0 aromatic heterocycles. The Morgan fingerprint density at radius 3 is 2.47 bits per heavy atom. The van der Waals surface area contributed by atoms with Crippen LogP contribution in [0.5, 0.6) is 0 Å². The first-order valence-corrected chi connectivity index (χ1v) is 7.04. The Hall–Kier alpha value is -0.950. The highest BCUT2D eigenvalue weighted by Gasteiger charge is 2.49. The molecule has 17 heavy (non-hydrogen) atoms. The fourth-order valence-corrected chi connectivity index (χ4v) is 3.62. The molecule has 0 radical (unpaired) electrons. The molecule has 0 aliphatic carbocycles. The summed E-state index contributed by atoms with van der Waals surface area (Å²) in [6.07, 6.45) is 1.11. The molecule has 1 aromatic rings. The first kappa shape index (κ1) is 12.5. The molecule has 0 atom stereocenters. The van der Waals surface area contributed by atoms with E-state index in [1.165, 1.54) is 23.9 Å². The molecule has 1 aliphatic heterocycles. The van der Waals surface area contributed by atoms with E-state index in [9.17, 15) is 21.6 Å². The molecular weight excluding hydrogens is 273 g/mol. The molecule has 0 fully saturated rings. The van der Waals surface area contributed by atoms with Crippen LogP contribution >= 0.6 is 11.8 Å². The third kappa shape index (κ3) is 2.09. The summed E-state index contributed by atoms with van der Waals surface area (Å²) in [5.74, 6) is 0.224.